The molecule has 0 saturated carbocycles. The highest BCUT2D eigenvalue weighted by atomic mass is 16.3. The van der Waals surface area contributed by atoms with Gasteiger partial charge in [0.1, 0.15) is 5.82 Å². The van der Waals surface area contributed by atoms with Gasteiger partial charge in [0.25, 0.3) is 0 Å². The number of hydrogen-bond donors (Lipinski definition) is 1. The summed E-state index contributed by atoms with van der Waals surface area (Å²) in [6.07, 6.45) is 5.58. The standard InChI is InChI=1S/C15H20N2O/c1-12-3-5-13(6-4-12)14(11-18)7-8-15-16-9-10-17(15)2/h3-6,9-10,14,18H,7-8,11H2,1-2H3. The lowest BCUT2D eigenvalue weighted by atomic mass is 9.94. The molecule has 0 amide bonds. The van der Waals surface area contributed by atoms with Gasteiger partial charge in [-0.15, -0.1) is 0 Å². The number of benzene rings is 1. The van der Waals surface area contributed by atoms with E-state index >= 15 is 0 Å². The highest BCUT2D eigenvalue weighted by Crippen LogP contribution is 2.21. The van der Waals surface area contributed by atoms with Gasteiger partial charge >= 0.3 is 0 Å². The lowest BCUT2D eigenvalue weighted by molar-refractivity contribution is 0.258. The van der Waals surface area contributed by atoms with Crippen LogP contribution in [-0.4, -0.2) is 21.3 Å². The fourth-order valence-corrected chi connectivity index (χ4v) is 2.14. The second kappa shape index (κ2) is 5.83. The summed E-state index contributed by atoms with van der Waals surface area (Å²) in [5, 5.41) is 9.52. The van der Waals surface area contributed by atoms with Crippen molar-refractivity contribution in [2.45, 2.75) is 25.7 Å². The average molecular weight is 244 g/mol. The van der Waals surface area contributed by atoms with Crippen LogP contribution in [0, 0.1) is 6.92 Å². The Kier molecular flexibility index (Phi) is 4.15. The first kappa shape index (κ1) is 12.8. The Morgan fingerprint density at radius 2 is 2.00 bits per heavy atom. The zero-order valence-corrected chi connectivity index (χ0v) is 11.0. The zero-order valence-electron chi connectivity index (χ0n) is 11.0. The molecule has 1 unspecified atom stereocenters. The maximum Gasteiger partial charge on any atom is 0.108 e. The van der Waals surface area contributed by atoms with Crippen molar-refractivity contribution in [2.24, 2.45) is 7.05 Å². The van der Waals surface area contributed by atoms with Crippen LogP contribution < -0.4 is 0 Å². The summed E-state index contributed by atoms with van der Waals surface area (Å²) >= 11 is 0. The summed E-state index contributed by atoms with van der Waals surface area (Å²) in [6.45, 7) is 2.26. The number of imidazole rings is 1. The topological polar surface area (TPSA) is 38.1 Å². The first-order valence-corrected chi connectivity index (χ1v) is 6.34. The fraction of sp³-hybridized carbons (Fsp3) is 0.400. The molecule has 3 heteroatoms. The third-order valence-corrected chi connectivity index (χ3v) is 3.41. The summed E-state index contributed by atoms with van der Waals surface area (Å²) in [7, 11) is 2.00. The Bertz CT molecular complexity index is 487. The van der Waals surface area contributed by atoms with E-state index in [0.29, 0.717) is 0 Å². The van der Waals surface area contributed by atoms with Crippen molar-refractivity contribution >= 4 is 0 Å². The van der Waals surface area contributed by atoms with Gasteiger partial charge in [0.2, 0.25) is 0 Å². The second-order valence-electron chi connectivity index (χ2n) is 4.78. The first-order valence-electron chi connectivity index (χ1n) is 6.34. The van der Waals surface area contributed by atoms with Crippen LogP contribution in [0.1, 0.15) is 29.3 Å². The lowest BCUT2D eigenvalue weighted by Crippen LogP contribution is -2.08. The van der Waals surface area contributed by atoms with E-state index in [1.54, 1.807) is 0 Å². The van der Waals surface area contributed by atoms with Crippen LogP contribution in [0.2, 0.25) is 0 Å². The zero-order chi connectivity index (χ0) is 13.0. The minimum absolute atomic E-state index is 0.188. The molecule has 0 aliphatic carbocycles. The molecule has 96 valence electrons. The molecule has 0 bridgehead atoms. The summed E-state index contributed by atoms with van der Waals surface area (Å²) < 4.78 is 2.03. The molecule has 1 aromatic carbocycles. The molecule has 1 N–H and O–H groups in total. The number of hydrogen-bond acceptors (Lipinski definition) is 2. The average Bonchev–Trinajstić information content (AvgIpc) is 2.78. The van der Waals surface area contributed by atoms with Gasteiger partial charge in [-0.2, -0.15) is 0 Å². The van der Waals surface area contributed by atoms with Crippen molar-refractivity contribution in [2.75, 3.05) is 6.61 Å². The fourth-order valence-electron chi connectivity index (χ4n) is 2.14. The van der Waals surface area contributed by atoms with Crippen molar-refractivity contribution in [1.82, 2.24) is 9.55 Å². The molecule has 0 saturated heterocycles. The van der Waals surface area contributed by atoms with Crippen molar-refractivity contribution in [3.63, 3.8) is 0 Å². The van der Waals surface area contributed by atoms with E-state index in [1.165, 1.54) is 11.1 Å². The summed E-state index contributed by atoms with van der Waals surface area (Å²) in [5.74, 6) is 1.27. The number of aliphatic hydroxyl groups is 1. The first-order chi connectivity index (χ1) is 8.70. The number of aromatic nitrogens is 2. The lowest BCUT2D eigenvalue weighted by Gasteiger charge is -2.14. The molecule has 2 rings (SSSR count). The largest absolute Gasteiger partial charge is 0.396 e. The SMILES string of the molecule is Cc1ccc(C(CO)CCc2nccn2C)cc1. The van der Waals surface area contributed by atoms with Crippen molar-refractivity contribution in [3.05, 3.63) is 53.6 Å². The van der Waals surface area contributed by atoms with E-state index in [9.17, 15) is 5.11 Å². The molecule has 3 nitrogen and oxygen atoms in total. The van der Waals surface area contributed by atoms with Gasteiger partial charge in [-0.05, 0) is 18.9 Å². The van der Waals surface area contributed by atoms with E-state index in [1.807, 2.05) is 24.0 Å². The van der Waals surface area contributed by atoms with E-state index in [2.05, 4.69) is 36.2 Å². The van der Waals surface area contributed by atoms with Crippen LogP contribution in [0.4, 0.5) is 0 Å². The maximum atomic E-state index is 9.52. The third kappa shape index (κ3) is 2.99. The van der Waals surface area contributed by atoms with Gasteiger partial charge in [0, 0.05) is 38.4 Å². The Hall–Kier alpha value is -1.61. The minimum Gasteiger partial charge on any atom is -0.396 e. The molecular weight excluding hydrogens is 224 g/mol. The van der Waals surface area contributed by atoms with Crippen molar-refractivity contribution in [1.29, 1.82) is 0 Å². The molecule has 2 aromatic rings. The Balaban J connectivity index is 2.01. The molecule has 0 aliphatic rings. The van der Waals surface area contributed by atoms with Gasteiger partial charge in [-0.1, -0.05) is 29.8 Å². The predicted octanol–water partition coefficient (Wildman–Crippen LogP) is 2.44. The number of aryl methyl sites for hydroxylation is 3. The molecule has 0 fully saturated rings. The monoisotopic (exact) mass is 244 g/mol. The normalized spacial score (nSPS) is 12.6. The van der Waals surface area contributed by atoms with E-state index in [0.717, 1.165) is 18.7 Å². The van der Waals surface area contributed by atoms with Gasteiger partial charge < -0.3 is 9.67 Å². The highest BCUT2D eigenvalue weighted by Gasteiger charge is 2.11. The Labute approximate surface area is 108 Å². The van der Waals surface area contributed by atoms with E-state index in [-0.39, 0.29) is 12.5 Å². The van der Waals surface area contributed by atoms with Crippen LogP contribution in [0.5, 0.6) is 0 Å². The molecule has 18 heavy (non-hydrogen) atoms. The van der Waals surface area contributed by atoms with Crippen LogP contribution in [0.25, 0.3) is 0 Å². The maximum absolute atomic E-state index is 9.52. The third-order valence-electron chi connectivity index (χ3n) is 3.41. The van der Waals surface area contributed by atoms with Gasteiger partial charge in [-0.3, -0.25) is 0 Å². The predicted molar refractivity (Wildman–Crippen MR) is 72.5 cm³/mol. The van der Waals surface area contributed by atoms with Gasteiger partial charge in [0.05, 0.1) is 0 Å². The van der Waals surface area contributed by atoms with E-state index < -0.39 is 0 Å². The second-order valence-corrected chi connectivity index (χ2v) is 4.78. The molecule has 0 aliphatic heterocycles. The smallest absolute Gasteiger partial charge is 0.108 e. The van der Waals surface area contributed by atoms with E-state index in [4.69, 9.17) is 0 Å². The molecule has 1 atom stereocenters. The van der Waals surface area contributed by atoms with Gasteiger partial charge in [0.15, 0.2) is 0 Å². The molecule has 0 spiro atoms. The number of nitrogens with zero attached hydrogens (tertiary/aromatic N) is 2. The summed E-state index contributed by atoms with van der Waals surface area (Å²) in [4.78, 5) is 4.31. The van der Waals surface area contributed by atoms with Crippen molar-refractivity contribution in [3.8, 4) is 0 Å². The van der Waals surface area contributed by atoms with Gasteiger partial charge in [-0.25, -0.2) is 4.98 Å². The van der Waals surface area contributed by atoms with Crippen LogP contribution in [0.15, 0.2) is 36.7 Å². The van der Waals surface area contributed by atoms with Crippen LogP contribution in [-0.2, 0) is 13.5 Å². The minimum atomic E-state index is 0.188. The Morgan fingerprint density at radius 1 is 1.28 bits per heavy atom. The molecule has 0 radical (unpaired) electrons. The summed E-state index contributed by atoms with van der Waals surface area (Å²) in [5.41, 5.74) is 2.46. The number of aliphatic hydroxyl groups excluding tert-OH is 1. The van der Waals surface area contributed by atoms with Crippen molar-refractivity contribution < 1.29 is 5.11 Å². The Morgan fingerprint density at radius 3 is 2.56 bits per heavy atom. The number of rotatable bonds is 5. The molecule has 1 heterocycles. The summed E-state index contributed by atoms with van der Waals surface area (Å²) in [6, 6.07) is 8.40. The van der Waals surface area contributed by atoms with Crippen LogP contribution >= 0.6 is 0 Å². The highest BCUT2D eigenvalue weighted by molar-refractivity contribution is 5.24. The molecular formula is C15H20N2O. The van der Waals surface area contributed by atoms with Crippen LogP contribution in [0.3, 0.4) is 0 Å². The molecule has 1 aromatic heterocycles. The quantitative estimate of drug-likeness (QED) is 0.877.